The Morgan fingerprint density at radius 1 is 1.24 bits per heavy atom. The van der Waals surface area contributed by atoms with Crippen LogP contribution in [-0.4, -0.2) is 24.5 Å². The molecule has 3 heteroatoms. The first-order valence-electron chi connectivity index (χ1n) is 7.78. The fraction of sp³-hybridized carbons (Fsp3) is 0.444. The van der Waals surface area contributed by atoms with Crippen LogP contribution in [0.4, 0.5) is 0 Å². The van der Waals surface area contributed by atoms with Crippen molar-refractivity contribution in [1.29, 1.82) is 0 Å². The number of likely N-dealkylation sites (tertiary alicyclic amines) is 1. The van der Waals surface area contributed by atoms with Crippen LogP contribution in [0.3, 0.4) is 0 Å². The first kappa shape index (κ1) is 13.4. The first-order valence-corrected chi connectivity index (χ1v) is 8.16. The Bertz CT molecular complexity index is 634. The van der Waals surface area contributed by atoms with Crippen LogP contribution < -0.4 is 5.73 Å². The number of nitrogens with two attached hydrogens (primary N) is 1. The number of allylic oxidation sites excluding steroid dienone is 3. The largest absolute Gasteiger partial charge is 0.398 e. The van der Waals surface area contributed by atoms with Crippen LogP contribution in [0, 0.1) is 11.8 Å². The predicted octanol–water partition coefficient (Wildman–Crippen LogP) is 3.24. The molecule has 1 fully saturated rings. The topological polar surface area (TPSA) is 29.3 Å². The van der Waals surface area contributed by atoms with E-state index in [0.29, 0.717) is 23.8 Å². The van der Waals surface area contributed by atoms with Crippen LogP contribution >= 0.6 is 11.6 Å². The lowest BCUT2D eigenvalue weighted by Gasteiger charge is -2.33. The third-order valence-corrected chi connectivity index (χ3v) is 5.90. The van der Waals surface area contributed by atoms with Gasteiger partial charge in [0, 0.05) is 17.7 Å². The molecule has 4 unspecified atom stereocenters. The summed E-state index contributed by atoms with van der Waals surface area (Å²) in [5.74, 6) is 1.53. The lowest BCUT2D eigenvalue weighted by atomic mass is 9.74. The maximum Gasteiger partial charge on any atom is 0.0595 e. The molecule has 21 heavy (non-hydrogen) atoms. The molecule has 0 spiro atoms. The van der Waals surface area contributed by atoms with Crippen molar-refractivity contribution >= 4 is 11.6 Å². The molecule has 1 aromatic rings. The van der Waals surface area contributed by atoms with Crippen molar-refractivity contribution < 1.29 is 0 Å². The van der Waals surface area contributed by atoms with Gasteiger partial charge in [0.2, 0.25) is 0 Å². The van der Waals surface area contributed by atoms with E-state index >= 15 is 0 Å². The van der Waals surface area contributed by atoms with Crippen molar-refractivity contribution in [3.8, 4) is 0 Å². The Hall–Kier alpha value is -1.25. The van der Waals surface area contributed by atoms with Crippen molar-refractivity contribution in [3.63, 3.8) is 0 Å². The average molecular weight is 301 g/mol. The third-order valence-electron chi connectivity index (χ3n) is 5.56. The molecular weight excluding hydrogens is 280 g/mol. The standard InChI is InChI=1S/C18H21ClN2/c1-21-7-6-12-8-15(19)16(20)10-14(12)18-13-5-3-2-4-11(13)9-17(18)21/h2-5,8,10,12,14,17-18H,6-7,9,20H2,1H3. The van der Waals surface area contributed by atoms with Gasteiger partial charge in [-0.05, 0) is 49.4 Å². The highest BCUT2D eigenvalue weighted by Gasteiger charge is 2.44. The molecule has 1 aromatic carbocycles. The summed E-state index contributed by atoms with van der Waals surface area (Å²) in [6, 6.07) is 9.50. The number of nitrogens with zero attached hydrogens (tertiary/aromatic N) is 1. The van der Waals surface area contributed by atoms with Crippen LogP contribution in [0.25, 0.3) is 0 Å². The van der Waals surface area contributed by atoms with Gasteiger partial charge in [-0.3, -0.25) is 0 Å². The number of benzene rings is 1. The number of hydrogen-bond donors (Lipinski definition) is 1. The Labute approximate surface area is 131 Å². The van der Waals surface area contributed by atoms with Gasteiger partial charge in [-0.2, -0.15) is 0 Å². The van der Waals surface area contributed by atoms with Gasteiger partial charge in [0.25, 0.3) is 0 Å². The summed E-state index contributed by atoms with van der Waals surface area (Å²) in [5.41, 5.74) is 9.90. The number of halogens is 1. The minimum Gasteiger partial charge on any atom is -0.398 e. The molecule has 4 rings (SSSR count). The lowest BCUT2D eigenvalue weighted by Crippen LogP contribution is -2.36. The molecule has 3 aliphatic rings. The summed E-state index contributed by atoms with van der Waals surface area (Å²) in [6.07, 6.45) is 6.74. The maximum absolute atomic E-state index is 6.27. The predicted molar refractivity (Wildman–Crippen MR) is 87.1 cm³/mol. The van der Waals surface area contributed by atoms with Gasteiger partial charge in [-0.15, -0.1) is 0 Å². The van der Waals surface area contributed by atoms with E-state index in [1.807, 2.05) is 0 Å². The fourth-order valence-electron chi connectivity index (χ4n) is 4.47. The summed E-state index contributed by atoms with van der Waals surface area (Å²) in [6.45, 7) is 1.13. The van der Waals surface area contributed by atoms with E-state index in [-0.39, 0.29) is 0 Å². The van der Waals surface area contributed by atoms with Crippen LogP contribution in [0.5, 0.6) is 0 Å². The maximum atomic E-state index is 6.27. The second kappa shape index (κ2) is 4.89. The highest BCUT2D eigenvalue weighted by molar-refractivity contribution is 6.32. The van der Waals surface area contributed by atoms with Crippen molar-refractivity contribution in [2.45, 2.75) is 24.8 Å². The number of rotatable bonds is 0. The summed E-state index contributed by atoms with van der Waals surface area (Å²) >= 11 is 6.27. The summed E-state index contributed by atoms with van der Waals surface area (Å²) in [4.78, 5) is 2.54. The zero-order chi connectivity index (χ0) is 14.6. The van der Waals surface area contributed by atoms with Gasteiger partial charge >= 0.3 is 0 Å². The monoisotopic (exact) mass is 300 g/mol. The Morgan fingerprint density at radius 3 is 2.90 bits per heavy atom. The van der Waals surface area contributed by atoms with E-state index in [4.69, 9.17) is 17.3 Å². The molecule has 1 aliphatic heterocycles. The number of hydrogen-bond acceptors (Lipinski definition) is 2. The van der Waals surface area contributed by atoms with E-state index in [9.17, 15) is 0 Å². The Morgan fingerprint density at radius 2 is 2.05 bits per heavy atom. The molecule has 0 aromatic heterocycles. The molecule has 0 amide bonds. The summed E-state index contributed by atoms with van der Waals surface area (Å²) in [7, 11) is 2.26. The van der Waals surface area contributed by atoms with Crippen LogP contribution in [0.2, 0.25) is 0 Å². The van der Waals surface area contributed by atoms with E-state index < -0.39 is 0 Å². The highest BCUT2D eigenvalue weighted by atomic mass is 35.5. The molecular formula is C18H21ClN2. The van der Waals surface area contributed by atoms with Gasteiger partial charge in [0.05, 0.1) is 5.03 Å². The van der Waals surface area contributed by atoms with Gasteiger partial charge in [-0.25, -0.2) is 0 Å². The summed E-state index contributed by atoms with van der Waals surface area (Å²) < 4.78 is 0. The molecule has 1 heterocycles. The minimum atomic E-state index is 0.478. The Kier molecular flexibility index (Phi) is 3.13. The average Bonchev–Trinajstić information content (AvgIpc) is 2.81. The van der Waals surface area contributed by atoms with Gasteiger partial charge < -0.3 is 10.6 Å². The Balaban J connectivity index is 1.82. The second-order valence-corrected chi connectivity index (χ2v) is 7.05. The minimum absolute atomic E-state index is 0.478. The van der Waals surface area contributed by atoms with Crippen molar-refractivity contribution in [1.82, 2.24) is 4.90 Å². The van der Waals surface area contributed by atoms with Gasteiger partial charge in [-0.1, -0.05) is 48.0 Å². The van der Waals surface area contributed by atoms with Crippen LogP contribution in [0.15, 0.2) is 47.1 Å². The molecule has 110 valence electrons. The quantitative estimate of drug-likeness (QED) is 0.797. The van der Waals surface area contributed by atoms with Gasteiger partial charge in [0.1, 0.15) is 0 Å². The normalized spacial score (nSPS) is 35.1. The SMILES string of the molecule is CN1CCC2C=C(Cl)C(N)=CC2C2c3ccccc3CC21. The summed E-state index contributed by atoms with van der Waals surface area (Å²) in [5, 5.41) is 0.739. The lowest BCUT2D eigenvalue weighted by molar-refractivity contribution is 0.228. The zero-order valence-electron chi connectivity index (χ0n) is 12.3. The van der Waals surface area contributed by atoms with E-state index in [1.54, 1.807) is 0 Å². The molecule has 2 aliphatic carbocycles. The molecule has 0 bridgehead atoms. The fourth-order valence-corrected chi connectivity index (χ4v) is 4.69. The van der Waals surface area contributed by atoms with Crippen molar-refractivity contribution in [3.05, 3.63) is 58.3 Å². The van der Waals surface area contributed by atoms with Gasteiger partial charge in [0.15, 0.2) is 0 Å². The highest BCUT2D eigenvalue weighted by Crippen LogP contribution is 2.49. The molecule has 4 atom stereocenters. The van der Waals surface area contributed by atoms with E-state index in [2.05, 4.69) is 48.4 Å². The first-order chi connectivity index (χ1) is 10.1. The zero-order valence-corrected chi connectivity index (χ0v) is 13.1. The number of likely N-dealkylation sites (N-methyl/N-ethyl adjacent to an activating group) is 1. The third kappa shape index (κ3) is 2.04. The molecule has 0 saturated carbocycles. The smallest absolute Gasteiger partial charge is 0.0595 e. The van der Waals surface area contributed by atoms with E-state index in [1.165, 1.54) is 11.1 Å². The van der Waals surface area contributed by atoms with Crippen molar-refractivity contribution in [2.75, 3.05) is 13.6 Å². The van der Waals surface area contributed by atoms with E-state index in [0.717, 1.165) is 30.1 Å². The van der Waals surface area contributed by atoms with Crippen molar-refractivity contribution in [2.24, 2.45) is 17.6 Å². The number of fused-ring (bicyclic) bond motifs is 5. The molecule has 2 nitrogen and oxygen atoms in total. The molecule has 0 radical (unpaired) electrons. The molecule has 2 N–H and O–H groups in total. The molecule has 1 saturated heterocycles. The van der Waals surface area contributed by atoms with Crippen LogP contribution in [0.1, 0.15) is 23.5 Å². The second-order valence-electron chi connectivity index (χ2n) is 6.64. The van der Waals surface area contributed by atoms with Crippen LogP contribution in [-0.2, 0) is 6.42 Å².